The predicted octanol–water partition coefficient (Wildman–Crippen LogP) is 4.33. The van der Waals surface area contributed by atoms with Gasteiger partial charge in [0, 0.05) is 11.9 Å². The van der Waals surface area contributed by atoms with Crippen molar-refractivity contribution in [1.29, 1.82) is 0 Å². The first kappa shape index (κ1) is 16.7. The molecular weight excluding hydrogens is 301 g/mol. The third kappa shape index (κ3) is 3.38. The molecule has 2 aromatic rings. The van der Waals surface area contributed by atoms with Crippen molar-refractivity contribution in [2.45, 2.75) is 40.0 Å². The third-order valence-electron chi connectivity index (χ3n) is 3.60. The summed E-state index contributed by atoms with van der Waals surface area (Å²) in [6.07, 6.45) is 1.05. The van der Waals surface area contributed by atoms with E-state index >= 15 is 0 Å². The van der Waals surface area contributed by atoms with Gasteiger partial charge in [-0.2, -0.15) is 9.49 Å². The van der Waals surface area contributed by atoms with Crippen LogP contribution >= 0.6 is 11.3 Å². The molecule has 22 heavy (non-hydrogen) atoms. The summed E-state index contributed by atoms with van der Waals surface area (Å²) in [5.41, 5.74) is 1.17. The Morgan fingerprint density at radius 3 is 2.68 bits per heavy atom. The van der Waals surface area contributed by atoms with Crippen molar-refractivity contribution < 1.29 is 9.18 Å². The number of anilines is 1. The zero-order valence-electron chi connectivity index (χ0n) is 13.6. The van der Waals surface area contributed by atoms with Gasteiger partial charge in [0.15, 0.2) is 0 Å². The molecule has 2 aromatic heterocycles. The summed E-state index contributed by atoms with van der Waals surface area (Å²) in [6.45, 7) is 8.14. The lowest BCUT2D eigenvalue weighted by Crippen LogP contribution is -2.15. The van der Waals surface area contributed by atoms with E-state index in [1.54, 1.807) is 18.3 Å². The number of hydrogen-bond donors (Lipinski definition) is 1. The highest BCUT2D eigenvalue weighted by atomic mass is 32.1. The predicted molar refractivity (Wildman–Crippen MR) is 88.0 cm³/mol. The van der Waals surface area contributed by atoms with E-state index in [0.29, 0.717) is 17.5 Å². The molecule has 120 valence electrons. The van der Waals surface area contributed by atoms with E-state index in [2.05, 4.69) is 31.2 Å². The Balaban J connectivity index is 2.21. The van der Waals surface area contributed by atoms with Gasteiger partial charge in [-0.15, -0.1) is 11.3 Å². The first-order valence-corrected chi connectivity index (χ1v) is 8.27. The standard InChI is InChI=1S/C16H22FN3OS/c1-9(2)8-10(3)14-12(6-7-22-14)18-16(21)13-11(4)19-20(5)15(13)17/h6-7,9-10H,8H2,1-5H3,(H,18,21). The monoisotopic (exact) mass is 323 g/mol. The molecule has 1 atom stereocenters. The topological polar surface area (TPSA) is 46.9 Å². The van der Waals surface area contributed by atoms with Crippen molar-refractivity contribution in [2.75, 3.05) is 5.32 Å². The number of amides is 1. The van der Waals surface area contributed by atoms with E-state index in [0.717, 1.165) is 21.7 Å². The summed E-state index contributed by atoms with van der Waals surface area (Å²) in [7, 11) is 1.49. The van der Waals surface area contributed by atoms with E-state index in [9.17, 15) is 9.18 Å². The first-order valence-electron chi connectivity index (χ1n) is 7.39. The number of aryl methyl sites for hydroxylation is 2. The number of rotatable bonds is 5. The fourth-order valence-electron chi connectivity index (χ4n) is 2.69. The van der Waals surface area contributed by atoms with Crippen LogP contribution in [0.5, 0.6) is 0 Å². The van der Waals surface area contributed by atoms with Gasteiger partial charge in [-0.1, -0.05) is 20.8 Å². The van der Waals surface area contributed by atoms with E-state index < -0.39 is 11.9 Å². The fourth-order valence-corrected chi connectivity index (χ4v) is 3.62. The molecule has 0 spiro atoms. The van der Waals surface area contributed by atoms with E-state index in [1.807, 2.05) is 11.4 Å². The second kappa shape index (κ2) is 6.60. The molecule has 1 unspecified atom stereocenters. The number of carbonyl (C=O) groups excluding carboxylic acids is 1. The van der Waals surface area contributed by atoms with Gasteiger partial charge in [-0.25, -0.2) is 4.68 Å². The molecule has 1 N–H and O–H groups in total. The summed E-state index contributed by atoms with van der Waals surface area (Å²) in [5.74, 6) is -0.115. The minimum absolute atomic E-state index is 0.0103. The quantitative estimate of drug-likeness (QED) is 0.890. The zero-order valence-corrected chi connectivity index (χ0v) is 14.4. The highest BCUT2D eigenvalue weighted by molar-refractivity contribution is 7.10. The van der Waals surface area contributed by atoms with Crippen LogP contribution in [0.3, 0.4) is 0 Å². The first-order chi connectivity index (χ1) is 10.3. The SMILES string of the molecule is Cc1nn(C)c(F)c1C(=O)Nc1ccsc1C(C)CC(C)C. The number of halogens is 1. The van der Waals surface area contributed by atoms with Crippen molar-refractivity contribution >= 4 is 22.9 Å². The van der Waals surface area contributed by atoms with Crippen LogP contribution in [0.2, 0.25) is 0 Å². The molecule has 6 heteroatoms. The Kier molecular flexibility index (Phi) is 5.01. The Morgan fingerprint density at radius 1 is 1.45 bits per heavy atom. The lowest BCUT2D eigenvalue weighted by molar-refractivity contribution is 0.102. The molecule has 0 fully saturated rings. The normalized spacial score (nSPS) is 12.7. The molecule has 0 aliphatic carbocycles. The summed E-state index contributed by atoms with van der Waals surface area (Å²) in [5, 5.41) is 8.73. The molecule has 0 saturated carbocycles. The van der Waals surface area contributed by atoms with E-state index in [-0.39, 0.29) is 5.56 Å². The molecule has 2 rings (SSSR count). The molecular formula is C16H22FN3OS. The number of hydrogen-bond acceptors (Lipinski definition) is 3. The Morgan fingerprint density at radius 2 is 2.14 bits per heavy atom. The summed E-state index contributed by atoms with van der Waals surface area (Å²) in [4.78, 5) is 13.5. The zero-order chi connectivity index (χ0) is 16.4. The van der Waals surface area contributed by atoms with Gasteiger partial charge >= 0.3 is 0 Å². The highest BCUT2D eigenvalue weighted by Crippen LogP contribution is 2.34. The molecule has 0 aliphatic rings. The lowest BCUT2D eigenvalue weighted by atomic mass is 9.97. The van der Waals surface area contributed by atoms with Crippen LogP contribution in [0.15, 0.2) is 11.4 Å². The second-order valence-electron chi connectivity index (χ2n) is 6.06. The number of nitrogens with zero attached hydrogens (tertiary/aromatic N) is 2. The largest absolute Gasteiger partial charge is 0.321 e. The summed E-state index contributed by atoms with van der Waals surface area (Å²) < 4.78 is 15.1. The van der Waals surface area contributed by atoms with Gasteiger partial charge in [-0.3, -0.25) is 4.79 Å². The van der Waals surface area contributed by atoms with Crippen molar-refractivity contribution in [1.82, 2.24) is 9.78 Å². The molecule has 0 saturated heterocycles. The van der Waals surface area contributed by atoms with Gasteiger partial charge in [0.1, 0.15) is 5.56 Å². The lowest BCUT2D eigenvalue weighted by Gasteiger charge is -2.15. The van der Waals surface area contributed by atoms with Crippen molar-refractivity contribution in [3.8, 4) is 0 Å². The molecule has 0 radical (unpaired) electrons. The van der Waals surface area contributed by atoms with Crippen LogP contribution in [0.25, 0.3) is 0 Å². The Hall–Kier alpha value is -1.69. The van der Waals surface area contributed by atoms with Crippen molar-refractivity contribution in [2.24, 2.45) is 13.0 Å². The third-order valence-corrected chi connectivity index (χ3v) is 4.74. The maximum Gasteiger partial charge on any atom is 0.262 e. The average molecular weight is 323 g/mol. The smallest absolute Gasteiger partial charge is 0.262 e. The van der Waals surface area contributed by atoms with Gasteiger partial charge in [0.05, 0.1) is 11.4 Å². The van der Waals surface area contributed by atoms with Crippen molar-refractivity contribution in [3.05, 3.63) is 33.5 Å². The number of aromatic nitrogens is 2. The van der Waals surface area contributed by atoms with Crippen LogP contribution in [0, 0.1) is 18.8 Å². The Labute approximate surface area is 134 Å². The van der Waals surface area contributed by atoms with Crippen LogP contribution in [0.4, 0.5) is 10.1 Å². The molecule has 0 aromatic carbocycles. The maximum atomic E-state index is 14.0. The molecule has 1 amide bonds. The Bertz CT molecular complexity index is 675. The fraction of sp³-hybridized carbons (Fsp3) is 0.500. The van der Waals surface area contributed by atoms with Crippen LogP contribution in [-0.4, -0.2) is 15.7 Å². The minimum atomic E-state index is -0.609. The van der Waals surface area contributed by atoms with Crippen LogP contribution in [-0.2, 0) is 7.05 Å². The minimum Gasteiger partial charge on any atom is -0.321 e. The summed E-state index contributed by atoms with van der Waals surface area (Å²) in [6, 6.07) is 1.87. The summed E-state index contributed by atoms with van der Waals surface area (Å²) >= 11 is 1.62. The van der Waals surface area contributed by atoms with Gasteiger partial charge in [0.2, 0.25) is 5.95 Å². The van der Waals surface area contributed by atoms with E-state index in [4.69, 9.17) is 0 Å². The second-order valence-corrected chi connectivity index (χ2v) is 7.01. The number of thiophene rings is 1. The average Bonchev–Trinajstić information content (AvgIpc) is 2.94. The molecule has 0 bridgehead atoms. The van der Waals surface area contributed by atoms with E-state index in [1.165, 1.54) is 7.05 Å². The maximum absolute atomic E-state index is 14.0. The van der Waals surface area contributed by atoms with Gasteiger partial charge in [-0.05, 0) is 36.6 Å². The highest BCUT2D eigenvalue weighted by Gasteiger charge is 2.22. The van der Waals surface area contributed by atoms with Crippen LogP contribution in [0.1, 0.15) is 54.0 Å². The van der Waals surface area contributed by atoms with Crippen LogP contribution < -0.4 is 5.32 Å². The molecule has 0 aliphatic heterocycles. The number of nitrogens with one attached hydrogen (secondary N) is 1. The molecule has 4 nitrogen and oxygen atoms in total. The van der Waals surface area contributed by atoms with Crippen molar-refractivity contribution in [3.63, 3.8) is 0 Å². The van der Waals surface area contributed by atoms with Gasteiger partial charge in [0.25, 0.3) is 5.91 Å². The number of carbonyl (C=O) groups is 1. The van der Waals surface area contributed by atoms with Gasteiger partial charge < -0.3 is 5.32 Å². The molecule has 2 heterocycles.